The molecule has 1 fully saturated rings. The molecule has 1 aliphatic heterocycles. The lowest BCUT2D eigenvalue weighted by atomic mass is 10.1. The van der Waals surface area contributed by atoms with Gasteiger partial charge in [-0.2, -0.15) is 0 Å². The summed E-state index contributed by atoms with van der Waals surface area (Å²) >= 11 is 0. The van der Waals surface area contributed by atoms with Gasteiger partial charge >= 0.3 is 0 Å². The van der Waals surface area contributed by atoms with Gasteiger partial charge in [0.25, 0.3) is 0 Å². The highest BCUT2D eigenvalue weighted by Crippen LogP contribution is 2.31. The van der Waals surface area contributed by atoms with Crippen LogP contribution in [0.5, 0.6) is 11.5 Å². The number of nitrogens with one attached hydrogen (secondary N) is 2. The highest BCUT2D eigenvalue weighted by molar-refractivity contribution is 6.04. The molecule has 0 aromatic heterocycles. The lowest BCUT2D eigenvalue weighted by molar-refractivity contribution is -0.122. The Kier molecular flexibility index (Phi) is 6.01. The Morgan fingerprint density at radius 2 is 1.86 bits per heavy atom. The van der Waals surface area contributed by atoms with Crippen molar-refractivity contribution in [3.05, 3.63) is 42.5 Å². The van der Waals surface area contributed by atoms with E-state index < -0.39 is 5.92 Å². The third kappa shape index (κ3) is 4.66. The molecule has 8 heteroatoms. The number of benzene rings is 2. The van der Waals surface area contributed by atoms with Crippen molar-refractivity contribution in [1.82, 2.24) is 0 Å². The second-order valence-electron chi connectivity index (χ2n) is 6.69. The summed E-state index contributed by atoms with van der Waals surface area (Å²) in [5.41, 5.74) is 1.65. The Labute approximate surface area is 168 Å². The standard InChI is InChI=1S/C21H23N3O5/c1-13(25)22-15-7-8-19(29-3)18(10-15)23-21(27)14-9-20(26)24(12-14)16-5-4-6-17(11-16)28-2/h4-8,10-11,14H,9,12H2,1-3H3,(H,22,25)(H,23,27)/t14-/m1/s1. The van der Waals surface area contributed by atoms with E-state index >= 15 is 0 Å². The van der Waals surface area contributed by atoms with E-state index in [1.54, 1.807) is 54.5 Å². The lowest BCUT2D eigenvalue weighted by Gasteiger charge is -2.18. The number of methoxy groups -OCH3 is 2. The number of ether oxygens (including phenoxy) is 2. The van der Waals surface area contributed by atoms with Crippen LogP contribution in [0.25, 0.3) is 0 Å². The molecule has 3 amide bonds. The number of anilines is 3. The van der Waals surface area contributed by atoms with Crippen LogP contribution in [-0.4, -0.2) is 38.5 Å². The maximum absolute atomic E-state index is 12.8. The fourth-order valence-electron chi connectivity index (χ4n) is 3.23. The Morgan fingerprint density at radius 1 is 1.07 bits per heavy atom. The molecular weight excluding hydrogens is 374 g/mol. The second kappa shape index (κ2) is 8.64. The summed E-state index contributed by atoms with van der Waals surface area (Å²) in [4.78, 5) is 38.1. The Hall–Kier alpha value is -3.55. The van der Waals surface area contributed by atoms with Gasteiger partial charge in [-0.3, -0.25) is 14.4 Å². The third-order valence-electron chi connectivity index (χ3n) is 4.64. The Balaban J connectivity index is 1.74. The molecule has 29 heavy (non-hydrogen) atoms. The fraction of sp³-hybridized carbons (Fsp3) is 0.286. The van der Waals surface area contributed by atoms with E-state index in [1.165, 1.54) is 14.0 Å². The number of amides is 3. The molecule has 0 unspecified atom stereocenters. The molecule has 152 valence electrons. The first kappa shape index (κ1) is 20.2. The summed E-state index contributed by atoms with van der Waals surface area (Å²) in [5, 5.41) is 5.48. The van der Waals surface area contributed by atoms with Crippen LogP contribution in [-0.2, 0) is 14.4 Å². The fourth-order valence-corrected chi connectivity index (χ4v) is 3.23. The van der Waals surface area contributed by atoms with Gasteiger partial charge < -0.3 is 25.0 Å². The van der Waals surface area contributed by atoms with Crippen LogP contribution in [0.4, 0.5) is 17.1 Å². The minimum absolute atomic E-state index is 0.108. The van der Waals surface area contributed by atoms with E-state index in [1.807, 2.05) is 0 Å². The van der Waals surface area contributed by atoms with Crippen molar-refractivity contribution < 1.29 is 23.9 Å². The van der Waals surface area contributed by atoms with E-state index in [-0.39, 0.29) is 30.7 Å². The lowest BCUT2D eigenvalue weighted by Crippen LogP contribution is -2.28. The van der Waals surface area contributed by atoms with Crippen molar-refractivity contribution in [2.24, 2.45) is 5.92 Å². The summed E-state index contributed by atoms with van der Waals surface area (Å²) < 4.78 is 10.5. The Bertz CT molecular complexity index is 944. The normalized spacial score (nSPS) is 15.8. The van der Waals surface area contributed by atoms with Gasteiger partial charge in [0.05, 0.1) is 25.8 Å². The van der Waals surface area contributed by atoms with Crippen LogP contribution in [0.3, 0.4) is 0 Å². The predicted octanol–water partition coefficient (Wildman–Crippen LogP) is 2.65. The number of carbonyl (C=O) groups is 3. The van der Waals surface area contributed by atoms with Crippen LogP contribution in [0.1, 0.15) is 13.3 Å². The van der Waals surface area contributed by atoms with E-state index in [9.17, 15) is 14.4 Å². The summed E-state index contributed by atoms with van der Waals surface area (Å²) in [6.07, 6.45) is 0.108. The maximum atomic E-state index is 12.8. The maximum Gasteiger partial charge on any atom is 0.229 e. The third-order valence-corrected chi connectivity index (χ3v) is 4.64. The SMILES string of the molecule is COc1cccc(N2C[C@H](C(=O)Nc3cc(NC(C)=O)ccc3OC)CC2=O)c1. The number of rotatable bonds is 6. The summed E-state index contributed by atoms with van der Waals surface area (Å²) in [5.74, 6) is -0.0471. The molecule has 2 aromatic rings. The van der Waals surface area contributed by atoms with Crippen molar-refractivity contribution >= 4 is 34.8 Å². The molecule has 2 aromatic carbocycles. The van der Waals surface area contributed by atoms with Gasteiger partial charge in [-0.15, -0.1) is 0 Å². The molecule has 1 heterocycles. The van der Waals surface area contributed by atoms with Crippen molar-refractivity contribution in [1.29, 1.82) is 0 Å². The van der Waals surface area contributed by atoms with Crippen molar-refractivity contribution in [3.63, 3.8) is 0 Å². The summed E-state index contributed by atoms with van der Waals surface area (Å²) in [6.45, 7) is 1.67. The van der Waals surface area contributed by atoms with Gasteiger partial charge in [0, 0.05) is 37.3 Å². The van der Waals surface area contributed by atoms with Crippen LogP contribution in [0.2, 0.25) is 0 Å². The van der Waals surface area contributed by atoms with Gasteiger partial charge in [0.2, 0.25) is 17.7 Å². The van der Waals surface area contributed by atoms with Crippen molar-refractivity contribution in [2.75, 3.05) is 36.3 Å². The molecule has 0 saturated carbocycles. The van der Waals surface area contributed by atoms with Crippen LogP contribution in [0, 0.1) is 5.92 Å². The molecular formula is C21H23N3O5. The molecule has 0 spiro atoms. The van der Waals surface area contributed by atoms with Gasteiger partial charge in [-0.05, 0) is 30.3 Å². The molecule has 1 aliphatic rings. The first-order valence-electron chi connectivity index (χ1n) is 9.12. The van der Waals surface area contributed by atoms with Gasteiger partial charge in [0.1, 0.15) is 11.5 Å². The monoisotopic (exact) mass is 397 g/mol. The minimum atomic E-state index is -0.511. The largest absolute Gasteiger partial charge is 0.497 e. The summed E-state index contributed by atoms with van der Waals surface area (Å²) in [6, 6.07) is 12.1. The second-order valence-corrected chi connectivity index (χ2v) is 6.69. The minimum Gasteiger partial charge on any atom is -0.497 e. The van der Waals surface area contributed by atoms with E-state index in [2.05, 4.69) is 10.6 Å². The topological polar surface area (TPSA) is 97.0 Å². The average Bonchev–Trinajstić information content (AvgIpc) is 3.09. The number of hydrogen-bond donors (Lipinski definition) is 2. The van der Waals surface area contributed by atoms with Gasteiger partial charge in [-0.1, -0.05) is 6.07 Å². The zero-order chi connectivity index (χ0) is 21.0. The van der Waals surface area contributed by atoms with Crippen molar-refractivity contribution in [2.45, 2.75) is 13.3 Å². The molecule has 0 radical (unpaired) electrons. The number of carbonyl (C=O) groups excluding carboxylic acids is 3. The van der Waals surface area contributed by atoms with Crippen molar-refractivity contribution in [3.8, 4) is 11.5 Å². The highest BCUT2D eigenvalue weighted by atomic mass is 16.5. The first-order valence-corrected chi connectivity index (χ1v) is 9.12. The number of nitrogens with zero attached hydrogens (tertiary/aromatic N) is 1. The van der Waals surface area contributed by atoms with Gasteiger partial charge in [-0.25, -0.2) is 0 Å². The van der Waals surface area contributed by atoms with Crippen LogP contribution in [0.15, 0.2) is 42.5 Å². The molecule has 2 N–H and O–H groups in total. The quantitative estimate of drug-likeness (QED) is 0.781. The molecule has 1 atom stereocenters. The predicted molar refractivity (Wildman–Crippen MR) is 109 cm³/mol. The van der Waals surface area contributed by atoms with Gasteiger partial charge in [0.15, 0.2) is 0 Å². The zero-order valence-electron chi connectivity index (χ0n) is 16.5. The average molecular weight is 397 g/mol. The highest BCUT2D eigenvalue weighted by Gasteiger charge is 2.35. The van der Waals surface area contributed by atoms with E-state index in [4.69, 9.17) is 9.47 Å². The Morgan fingerprint density at radius 3 is 2.55 bits per heavy atom. The smallest absolute Gasteiger partial charge is 0.229 e. The molecule has 1 saturated heterocycles. The molecule has 0 bridgehead atoms. The molecule has 8 nitrogen and oxygen atoms in total. The zero-order valence-corrected chi connectivity index (χ0v) is 16.5. The first-order chi connectivity index (χ1) is 13.9. The van der Waals surface area contributed by atoms with E-state index in [0.717, 1.165) is 0 Å². The van der Waals surface area contributed by atoms with E-state index in [0.29, 0.717) is 28.6 Å². The number of hydrogen-bond acceptors (Lipinski definition) is 5. The molecule has 0 aliphatic carbocycles. The van der Waals surface area contributed by atoms with Crippen LogP contribution >= 0.6 is 0 Å². The summed E-state index contributed by atoms with van der Waals surface area (Å²) in [7, 11) is 3.05. The van der Waals surface area contributed by atoms with Crippen LogP contribution < -0.4 is 25.0 Å². The molecule has 3 rings (SSSR count).